The quantitative estimate of drug-likeness (QED) is 0.631. The lowest BCUT2D eigenvalue weighted by Crippen LogP contribution is -2.08. The Hall–Kier alpha value is -1.71. The Morgan fingerprint density at radius 3 is 1.82 bits per heavy atom. The molecule has 122 valence electrons. The average Bonchev–Trinajstić information content (AvgIpc) is 3.16. The highest BCUT2D eigenvalue weighted by Crippen LogP contribution is 2.31. The van der Waals surface area contributed by atoms with Crippen molar-refractivity contribution >= 4 is 8.25 Å². The standard InChI is InChI=1S/C10H15F2N6O3P/c11-7(1-3-9-13-5-15-17-9)20-22(19)21-8(12)2-4-10-14-6-16-18-10/h5-8,22H,1-4H2,(H,13,15,17)(H,14,16,18). The van der Waals surface area contributed by atoms with Crippen LogP contribution in [0.5, 0.6) is 0 Å². The predicted molar refractivity (Wildman–Crippen MR) is 70.4 cm³/mol. The van der Waals surface area contributed by atoms with Gasteiger partial charge in [-0.3, -0.25) is 23.8 Å². The molecule has 0 saturated heterocycles. The molecule has 2 aromatic rings. The van der Waals surface area contributed by atoms with Gasteiger partial charge < -0.3 is 0 Å². The Balaban J connectivity index is 1.61. The Bertz CT molecular complexity index is 507. The fourth-order valence-electron chi connectivity index (χ4n) is 1.55. The minimum absolute atomic E-state index is 0.105. The number of nitrogens with one attached hydrogen (secondary N) is 2. The minimum atomic E-state index is -3.27. The van der Waals surface area contributed by atoms with E-state index in [1.165, 1.54) is 12.7 Å². The first-order chi connectivity index (χ1) is 10.6. The van der Waals surface area contributed by atoms with Crippen LogP contribution in [0.2, 0.25) is 0 Å². The molecule has 9 nitrogen and oxygen atoms in total. The molecule has 2 atom stereocenters. The third-order valence-electron chi connectivity index (χ3n) is 2.57. The van der Waals surface area contributed by atoms with E-state index in [2.05, 4.69) is 39.4 Å². The van der Waals surface area contributed by atoms with E-state index >= 15 is 0 Å². The number of hydrogen-bond acceptors (Lipinski definition) is 7. The van der Waals surface area contributed by atoms with Crippen molar-refractivity contribution in [2.24, 2.45) is 0 Å². The summed E-state index contributed by atoms with van der Waals surface area (Å²) >= 11 is 0. The van der Waals surface area contributed by atoms with Crippen LogP contribution in [0.3, 0.4) is 0 Å². The third-order valence-corrected chi connectivity index (χ3v) is 3.46. The summed E-state index contributed by atoms with van der Waals surface area (Å²) in [5.41, 5.74) is 0. The van der Waals surface area contributed by atoms with Gasteiger partial charge in [0.25, 0.3) is 0 Å². The smallest absolute Gasteiger partial charge is 0.275 e. The zero-order valence-corrected chi connectivity index (χ0v) is 12.4. The van der Waals surface area contributed by atoms with E-state index in [1.54, 1.807) is 0 Å². The maximum absolute atomic E-state index is 13.4. The van der Waals surface area contributed by atoms with Gasteiger partial charge in [0.1, 0.15) is 12.7 Å². The zero-order chi connectivity index (χ0) is 15.8. The monoisotopic (exact) mass is 336 g/mol. The van der Waals surface area contributed by atoms with Gasteiger partial charge in [-0.15, -0.1) is 0 Å². The van der Waals surface area contributed by atoms with Crippen LogP contribution in [-0.4, -0.2) is 43.1 Å². The molecule has 2 rings (SSSR count). The molecule has 0 aliphatic carbocycles. The normalized spacial score (nSPS) is 15.5. The zero-order valence-electron chi connectivity index (χ0n) is 11.4. The maximum Gasteiger partial charge on any atom is 0.324 e. The second-order valence-corrected chi connectivity index (χ2v) is 5.19. The Labute approximate surface area is 124 Å². The molecule has 2 N–H and O–H groups in total. The summed E-state index contributed by atoms with van der Waals surface area (Å²) in [5.74, 6) is 0.809. The van der Waals surface area contributed by atoms with E-state index in [0.29, 0.717) is 11.6 Å². The van der Waals surface area contributed by atoms with Gasteiger partial charge in [-0.1, -0.05) is 0 Å². The number of aromatic amines is 2. The molecule has 2 unspecified atom stereocenters. The molecule has 0 saturated carbocycles. The van der Waals surface area contributed by atoms with Crippen LogP contribution in [0, 0.1) is 0 Å². The van der Waals surface area contributed by atoms with E-state index in [0.717, 1.165) is 0 Å². The summed E-state index contributed by atoms with van der Waals surface area (Å²) in [6.45, 7) is 0. The van der Waals surface area contributed by atoms with E-state index in [9.17, 15) is 13.3 Å². The molecule has 0 aromatic carbocycles. The van der Waals surface area contributed by atoms with Crippen LogP contribution in [0.1, 0.15) is 24.5 Å². The van der Waals surface area contributed by atoms with Crippen LogP contribution in [0.15, 0.2) is 12.7 Å². The molecule has 0 spiro atoms. The number of alkyl halides is 2. The van der Waals surface area contributed by atoms with Crippen molar-refractivity contribution in [1.82, 2.24) is 30.4 Å². The first kappa shape index (κ1) is 16.7. The fraction of sp³-hybridized carbons (Fsp3) is 0.600. The second kappa shape index (κ2) is 8.66. The molecule has 0 amide bonds. The molecule has 0 radical (unpaired) electrons. The van der Waals surface area contributed by atoms with E-state index in [4.69, 9.17) is 0 Å². The fourth-order valence-corrected chi connectivity index (χ4v) is 2.26. The van der Waals surface area contributed by atoms with Crippen molar-refractivity contribution in [3.63, 3.8) is 0 Å². The number of halogens is 2. The molecule has 0 bridgehead atoms. The van der Waals surface area contributed by atoms with Crippen LogP contribution in [0.25, 0.3) is 0 Å². The number of aromatic nitrogens is 6. The number of hydrogen-bond donors (Lipinski definition) is 2. The number of rotatable bonds is 10. The lowest BCUT2D eigenvalue weighted by atomic mass is 10.3. The summed E-state index contributed by atoms with van der Waals surface area (Å²) in [6.07, 6.45) is -0.783. The lowest BCUT2D eigenvalue weighted by molar-refractivity contribution is 0.00798. The minimum Gasteiger partial charge on any atom is -0.275 e. The van der Waals surface area contributed by atoms with Crippen LogP contribution in [0.4, 0.5) is 8.78 Å². The summed E-state index contributed by atoms with van der Waals surface area (Å²) in [5, 5.41) is 12.4. The lowest BCUT2D eigenvalue weighted by Gasteiger charge is -2.11. The second-order valence-electron chi connectivity index (χ2n) is 4.21. The van der Waals surface area contributed by atoms with Crippen LogP contribution < -0.4 is 0 Å². The molecular weight excluding hydrogens is 321 g/mol. The largest absolute Gasteiger partial charge is 0.324 e. The van der Waals surface area contributed by atoms with Gasteiger partial charge >= 0.3 is 8.25 Å². The van der Waals surface area contributed by atoms with Gasteiger partial charge in [0.05, 0.1) is 0 Å². The number of H-pyrrole nitrogens is 2. The summed E-state index contributed by atoms with van der Waals surface area (Å²) in [6, 6.07) is 0. The molecule has 12 heteroatoms. The van der Waals surface area contributed by atoms with Gasteiger partial charge in [0.2, 0.25) is 12.7 Å². The average molecular weight is 336 g/mol. The Morgan fingerprint density at radius 2 is 1.45 bits per heavy atom. The highest BCUT2D eigenvalue weighted by atomic mass is 31.1. The van der Waals surface area contributed by atoms with Gasteiger partial charge in [0.15, 0.2) is 11.6 Å². The van der Waals surface area contributed by atoms with Crippen LogP contribution in [-0.2, 0) is 26.5 Å². The van der Waals surface area contributed by atoms with Crippen molar-refractivity contribution in [2.45, 2.75) is 38.4 Å². The van der Waals surface area contributed by atoms with Crippen molar-refractivity contribution in [3.8, 4) is 0 Å². The molecule has 2 aromatic heterocycles. The summed E-state index contributed by atoms with van der Waals surface area (Å²) in [7, 11) is -3.27. The molecule has 22 heavy (non-hydrogen) atoms. The van der Waals surface area contributed by atoms with Crippen molar-refractivity contribution in [3.05, 3.63) is 24.3 Å². The molecular formula is C10H15F2N6O3P. The van der Waals surface area contributed by atoms with Crippen LogP contribution >= 0.6 is 8.25 Å². The van der Waals surface area contributed by atoms with Crippen molar-refractivity contribution in [2.75, 3.05) is 0 Å². The first-order valence-corrected chi connectivity index (χ1v) is 7.70. The SMILES string of the molecule is O=[PH](OC(F)CCc1nc[nH]n1)OC(F)CCc1nc[nH]n1. The summed E-state index contributed by atoms with van der Waals surface area (Å²) < 4.78 is 47.1. The van der Waals surface area contributed by atoms with Gasteiger partial charge in [-0.25, -0.2) is 18.7 Å². The van der Waals surface area contributed by atoms with E-state index in [1.807, 2.05) is 0 Å². The number of nitrogens with zero attached hydrogens (tertiary/aromatic N) is 4. The van der Waals surface area contributed by atoms with Crippen molar-refractivity contribution in [1.29, 1.82) is 0 Å². The molecule has 0 aliphatic rings. The van der Waals surface area contributed by atoms with Gasteiger partial charge in [0, 0.05) is 25.7 Å². The molecule has 0 aliphatic heterocycles. The first-order valence-electron chi connectivity index (χ1n) is 6.48. The number of aryl methyl sites for hydroxylation is 2. The highest BCUT2D eigenvalue weighted by Gasteiger charge is 2.17. The molecule has 2 heterocycles. The topological polar surface area (TPSA) is 119 Å². The van der Waals surface area contributed by atoms with E-state index < -0.39 is 21.0 Å². The molecule has 0 fully saturated rings. The highest BCUT2D eigenvalue weighted by molar-refractivity contribution is 7.33. The Kier molecular flexibility index (Phi) is 6.56. The van der Waals surface area contributed by atoms with Gasteiger partial charge in [-0.05, 0) is 0 Å². The predicted octanol–water partition coefficient (Wildman–Crippen LogP) is 1.50. The Morgan fingerprint density at radius 1 is 1.00 bits per heavy atom. The maximum atomic E-state index is 13.4. The third kappa shape index (κ3) is 5.96. The summed E-state index contributed by atoms with van der Waals surface area (Å²) in [4.78, 5) is 7.60. The van der Waals surface area contributed by atoms with E-state index in [-0.39, 0.29) is 25.7 Å². The van der Waals surface area contributed by atoms with Gasteiger partial charge in [-0.2, -0.15) is 10.2 Å². The van der Waals surface area contributed by atoms with Crippen molar-refractivity contribution < 1.29 is 22.4 Å².